The van der Waals surface area contributed by atoms with Crippen LogP contribution in [0.1, 0.15) is 23.5 Å². The standard InChI is InChI=1S/C24H25BrF2N4O5S/c1-2-36-24(34)20-18(10-31-8-13(17(27)9-31)11-35-12-19(32)33)29-22(23-28-5-6-37-23)30-21(20)15-4-3-14(26)7-16(15)25/h3-7,13,17,21H,2,8-12H2,1H3,(H,29,30)(H,32,33)/t13?,17?,21-/m0/s1. The molecule has 0 spiro atoms. The minimum absolute atomic E-state index is 0.0296. The number of aliphatic imine (C=N–C) groups is 1. The van der Waals surface area contributed by atoms with Crippen molar-refractivity contribution in [2.24, 2.45) is 10.9 Å². The number of rotatable bonds is 10. The molecule has 2 unspecified atom stereocenters. The topological polar surface area (TPSA) is 113 Å². The molecule has 0 aliphatic carbocycles. The molecule has 0 amide bonds. The summed E-state index contributed by atoms with van der Waals surface area (Å²) < 4.78 is 39.5. The van der Waals surface area contributed by atoms with E-state index in [0.29, 0.717) is 33.1 Å². The Labute approximate surface area is 224 Å². The molecule has 3 atom stereocenters. The fourth-order valence-electron chi connectivity index (χ4n) is 4.29. The van der Waals surface area contributed by atoms with E-state index < -0.39 is 42.5 Å². The number of carboxylic acid groups (broad SMARTS) is 1. The van der Waals surface area contributed by atoms with Gasteiger partial charge in [-0.2, -0.15) is 0 Å². The molecule has 2 aromatic rings. The van der Waals surface area contributed by atoms with Crippen molar-refractivity contribution in [2.75, 3.05) is 39.5 Å². The van der Waals surface area contributed by atoms with Gasteiger partial charge in [-0.3, -0.25) is 9.89 Å². The quantitative estimate of drug-likeness (QED) is 0.400. The van der Waals surface area contributed by atoms with Gasteiger partial charge in [-0.25, -0.2) is 23.4 Å². The van der Waals surface area contributed by atoms with Crippen LogP contribution in [0.3, 0.4) is 0 Å². The van der Waals surface area contributed by atoms with Crippen molar-refractivity contribution in [3.8, 4) is 0 Å². The molecule has 2 N–H and O–H groups in total. The van der Waals surface area contributed by atoms with Gasteiger partial charge in [0.05, 0.1) is 18.8 Å². The van der Waals surface area contributed by atoms with Gasteiger partial charge in [-0.1, -0.05) is 22.0 Å². The summed E-state index contributed by atoms with van der Waals surface area (Å²) in [7, 11) is 0. The Bertz CT molecular complexity index is 1210. The first-order chi connectivity index (χ1) is 17.8. The number of hydrogen-bond acceptors (Lipinski definition) is 9. The highest BCUT2D eigenvalue weighted by atomic mass is 79.9. The molecule has 4 rings (SSSR count). The zero-order valence-electron chi connectivity index (χ0n) is 19.8. The Morgan fingerprint density at radius 3 is 2.84 bits per heavy atom. The second-order valence-corrected chi connectivity index (χ2v) is 10.2. The smallest absolute Gasteiger partial charge is 0.338 e. The van der Waals surface area contributed by atoms with Crippen molar-refractivity contribution in [3.63, 3.8) is 0 Å². The van der Waals surface area contributed by atoms with Crippen LogP contribution in [0.2, 0.25) is 0 Å². The zero-order chi connectivity index (χ0) is 26.5. The Balaban J connectivity index is 1.68. The lowest BCUT2D eigenvalue weighted by Crippen LogP contribution is -2.39. The van der Waals surface area contributed by atoms with E-state index in [0.717, 1.165) is 0 Å². The number of nitrogens with zero attached hydrogens (tertiary/aromatic N) is 3. The number of esters is 1. The summed E-state index contributed by atoms with van der Waals surface area (Å²) in [6.07, 6.45) is 0.408. The lowest BCUT2D eigenvalue weighted by Gasteiger charge is -2.29. The predicted molar refractivity (Wildman–Crippen MR) is 136 cm³/mol. The first-order valence-corrected chi connectivity index (χ1v) is 13.2. The third kappa shape index (κ3) is 6.58. The van der Waals surface area contributed by atoms with E-state index in [2.05, 4.69) is 26.2 Å². The minimum Gasteiger partial charge on any atom is -0.480 e. The number of likely N-dealkylation sites (tertiary alicyclic amines) is 1. The lowest BCUT2D eigenvalue weighted by molar-refractivity contribution is -0.143. The van der Waals surface area contributed by atoms with Gasteiger partial charge >= 0.3 is 11.9 Å². The second kappa shape index (κ2) is 12.2. The molecular formula is C24H25BrF2N4O5S. The normalized spacial score (nSPS) is 22.1. The van der Waals surface area contributed by atoms with E-state index in [-0.39, 0.29) is 31.9 Å². The molecule has 0 bridgehead atoms. The minimum atomic E-state index is -1.22. The number of amidine groups is 1. The largest absolute Gasteiger partial charge is 0.480 e. The van der Waals surface area contributed by atoms with Crippen molar-refractivity contribution in [1.29, 1.82) is 0 Å². The number of ether oxygens (including phenoxy) is 2. The maximum Gasteiger partial charge on any atom is 0.338 e. The van der Waals surface area contributed by atoms with Crippen molar-refractivity contribution in [2.45, 2.75) is 19.1 Å². The molecule has 13 heteroatoms. The molecule has 1 aromatic heterocycles. The molecule has 2 aliphatic rings. The molecule has 37 heavy (non-hydrogen) atoms. The summed E-state index contributed by atoms with van der Waals surface area (Å²) in [6, 6.07) is 3.31. The Morgan fingerprint density at radius 1 is 1.35 bits per heavy atom. The van der Waals surface area contributed by atoms with Gasteiger partial charge in [0.1, 0.15) is 24.6 Å². The van der Waals surface area contributed by atoms with Crippen LogP contribution in [0.15, 0.2) is 50.5 Å². The van der Waals surface area contributed by atoms with E-state index in [1.165, 1.54) is 23.5 Å². The highest BCUT2D eigenvalue weighted by Crippen LogP contribution is 2.37. The van der Waals surface area contributed by atoms with Gasteiger partial charge in [0.2, 0.25) is 0 Å². The van der Waals surface area contributed by atoms with Crippen LogP contribution in [0, 0.1) is 11.7 Å². The first-order valence-electron chi connectivity index (χ1n) is 11.5. The SMILES string of the molecule is CCOC(=O)C1=C(CN2CC(F)C(COCC(=O)O)C2)NC(c2nccs2)=N[C@H]1c1ccc(F)cc1Br. The summed E-state index contributed by atoms with van der Waals surface area (Å²) in [5.74, 6) is -2.24. The average Bonchev–Trinajstić information content (AvgIpc) is 3.49. The van der Waals surface area contributed by atoms with Gasteiger partial charge in [0, 0.05) is 47.3 Å². The number of hydrogen-bond donors (Lipinski definition) is 2. The van der Waals surface area contributed by atoms with E-state index in [4.69, 9.17) is 19.6 Å². The number of halogens is 3. The molecule has 0 saturated carbocycles. The number of benzene rings is 1. The summed E-state index contributed by atoms with van der Waals surface area (Å²) in [4.78, 5) is 34.8. The Kier molecular flexibility index (Phi) is 9.00. The summed E-state index contributed by atoms with van der Waals surface area (Å²) in [6.45, 7) is 1.85. The Morgan fingerprint density at radius 2 is 2.16 bits per heavy atom. The molecule has 1 aromatic carbocycles. The van der Waals surface area contributed by atoms with Crippen molar-refractivity contribution < 1.29 is 33.0 Å². The van der Waals surface area contributed by atoms with Crippen LogP contribution in [-0.4, -0.2) is 78.4 Å². The van der Waals surface area contributed by atoms with E-state index in [1.807, 2.05) is 4.90 Å². The van der Waals surface area contributed by atoms with Crippen LogP contribution in [0.25, 0.3) is 0 Å². The third-order valence-corrected chi connectivity index (χ3v) is 7.36. The second-order valence-electron chi connectivity index (χ2n) is 8.50. The molecule has 1 fully saturated rings. The number of aromatic nitrogens is 1. The number of carbonyl (C=O) groups excluding carboxylic acids is 1. The number of carboxylic acids is 1. The van der Waals surface area contributed by atoms with Crippen LogP contribution in [-0.2, 0) is 19.1 Å². The van der Waals surface area contributed by atoms with E-state index >= 15 is 0 Å². The van der Waals surface area contributed by atoms with Gasteiger partial charge < -0.3 is 19.9 Å². The fraction of sp³-hybridized carbons (Fsp3) is 0.417. The number of nitrogens with one attached hydrogen (secondary N) is 1. The number of alkyl halides is 1. The molecular weight excluding hydrogens is 574 g/mol. The maximum atomic E-state index is 14.8. The number of carbonyl (C=O) groups is 2. The van der Waals surface area contributed by atoms with Crippen molar-refractivity contribution in [1.82, 2.24) is 15.2 Å². The van der Waals surface area contributed by atoms with Crippen molar-refractivity contribution >= 4 is 45.0 Å². The molecule has 3 heterocycles. The van der Waals surface area contributed by atoms with Crippen LogP contribution >= 0.6 is 27.3 Å². The molecule has 0 radical (unpaired) electrons. The van der Waals surface area contributed by atoms with Gasteiger partial charge in [0.25, 0.3) is 0 Å². The predicted octanol–water partition coefficient (Wildman–Crippen LogP) is 3.32. The Hall–Kier alpha value is -2.74. The number of aliphatic carboxylic acids is 1. The van der Waals surface area contributed by atoms with Crippen LogP contribution < -0.4 is 5.32 Å². The molecule has 2 aliphatic heterocycles. The molecule has 9 nitrogen and oxygen atoms in total. The summed E-state index contributed by atoms with van der Waals surface area (Å²) >= 11 is 4.75. The van der Waals surface area contributed by atoms with Gasteiger partial charge in [-0.05, 0) is 24.6 Å². The van der Waals surface area contributed by atoms with Crippen LogP contribution in [0.4, 0.5) is 8.78 Å². The van der Waals surface area contributed by atoms with Gasteiger partial charge in [0.15, 0.2) is 10.8 Å². The monoisotopic (exact) mass is 598 g/mol. The average molecular weight is 599 g/mol. The molecule has 1 saturated heterocycles. The fourth-order valence-corrected chi connectivity index (χ4v) is 5.45. The summed E-state index contributed by atoms with van der Waals surface area (Å²) in [5, 5.41) is 14.4. The summed E-state index contributed by atoms with van der Waals surface area (Å²) in [5.41, 5.74) is 1.26. The molecule has 198 valence electrons. The maximum absolute atomic E-state index is 14.8. The number of thiazole rings is 1. The van der Waals surface area contributed by atoms with E-state index in [1.54, 1.807) is 24.6 Å². The third-order valence-electron chi connectivity index (χ3n) is 5.89. The zero-order valence-corrected chi connectivity index (χ0v) is 22.2. The van der Waals surface area contributed by atoms with Crippen LogP contribution in [0.5, 0.6) is 0 Å². The lowest BCUT2D eigenvalue weighted by atomic mass is 9.95. The van der Waals surface area contributed by atoms with E-state index in [9.17, 15) is 18.4 Å². The van der Waals surface area contributed by atoms with Crippen molar-refractivity contribution in [3.05, 3.63) is 61.9 Å². The first kappa shape index (κ1) is 27.3. The van der Waals surface area contributed by atoms with Gasteiger partial charge in [-0.15, -0.1) is 11.3 Å². The highest BCUT2D eigenvalue weighted by Gasteiger charge is 2.38. The highest BCUT2D eigenvalue weighted by molar-refractivity contribution is 9.10.